The zero-order valence-electron chi connectivity index (χ0n) is 17.9. The number of hydrogen-bond acceptors (Lipinski definition) is 6. The SMILES string of the molecule is CC(C)(CCCCCc1cc(O)c(O)c(CCCCC2(OC=O)CC2)c1O)C(=O)O. The molecule has 0 unspecified atom stereocenters. The quantitative estimate of drug-likeness (QED) is 0.151. The monoisotopic (exact) mass is 422 g/mol. The van der Waals surface area contributed by atoms with E-state index in [1.807, 2.05) is 0 Å². The van der Waals surface area contributed by atoms with E-state index < -0.39 is 11.4 Å². The van der Waals surface area contributed by atoms with Gasteiger partial charge in [-0.25, -0.2) is 0 Å². The number of carboxylic acid groups (broad SMARTS) is 1. The van der Waals surface area contributed by atoms with Gasteiger partial charge in [0, 0.05) is 5.56 Å². The van der Waals surface area contributed by atoms with E-state index in [2.05, 4.69) is 0 Å². The van der Waals surface area contributed by atoms with E-state index in [4.69, 9.17) is 9.84 Å². The molecule has 0 atom stereocenters. The lowest BCUT2D eigenvalue weighted by Crippen LogP contribution is -2.23. The van der Waals surface area contributed by atoms with E-state index in [1.165, 1.54) is 6.07 Å². The second-order valence-corrected chi connectivity index (χ2v) is 9.08. The van der Waals surface area contributed by atoms with Gasteiger partial charge >= 0.3 is 5.97 Å². The number of unbranched alkanes of at least 4 members (excludes halogenated alkanes) is 3. The summed E-state index contributed by atoms with van der Waals surface area (Å²) < 4.78 is 5.12. The Balaban J connectivity index is 1.86. The minimum absolute atomic E-state index is 0.0152. The normalized spacial score (nSPS) is 15.0. The van der Waals surface area contributed by atoms with Crippen LogP contribution in [0.2, 0.25) is 0 Å². The summed E-state index contributed by atoms with van der Waals surface area (Å²) in [5.41, 5.74) is -0.133. The molecule has 0 aliphatic heterocycles. The van der Waals surface area contributed by atoms with Crippen LogP contribution in [0.15, 0.2) is 6.07 Å². The number of phenolic OH excluding ortho intramolecular Hbond substituents is 3. The minimum atomic E-state index is -0.807. The second kappa shape index (κ2) is 10.0. The van der Waals surface area contributed by atoms with Crippen molar-refractivity contribution in [2.45, 2.75) is 90.1 Å². The number of hydrogen-bond donors (Lipinski definition) is 4. The Hall–Kier alpha value is -2.44. The van der Waals surface area contributed by atoms with Crippen molar-refractivity contribution in [2.75, 3.05) is 0 Å². The zero-order valence-corrected chi connectivity index (χ0v) is 17.9. The highest BCUT2D eigenvalue weighted by Gasteiger charge is 2.44. The molecule has 168 valence electrons. The summed E-state index contributed by atoms with van der Waals surface area (Å²) in [6.07, 6.45) is 7.85. The van der Waals surface area contributed by atoms with Crippen molar-refractivity contribution in [2.24, 2.45) is 5.41 Å². The van der Waals surface area contributed by atoms with Gasteiger partial charge < -0.3 is 25.2 Å². The van der Waals surface area contributed by atoms with Crippen LogP contribution < -0.4 is 0 Å². The number of phenols is 3. The number of rotatable bonds is 14. The van der Waals surface area contributed by atoms with Crippen molar-refractivity contribution >= 4 is 12.4 Å². The van der Waals surface area contributed by atoms with E-state index in [0.29, 0.717) is 43.3 Å². The first-order chi connectivity index (χ1) is 14.1. The number of carboxylic acids is 1. The Morgan fingerprint density at radius 3 is 2.33 bits per heavy atom. The smallest absolute Gasteiger partial charge is 0.309 e. The lowest BCUT2D eigenvalue weighted by molar-refractivity contribution is -0.147. The highest BCUT2D eigenvalue weighted by Crippen LogP contribution is 2.44. The van der Waals surface area contributed by atoms with Crippen LogP contribution in [0.3, 0.4) is 0 Å². The molecule has 1 saturated carbocycles. The number of ether oxygens (including phenoxy) is 1. The maximum Gasteiger partial charge on any atom is 0.309 e. The molecular formula is C23H34O7. The van der Waals surface area contributed by atoms with Crippen LogP contribution in [0.4, 0.5) is 0 Å². The lowest BCUT2D eigenvalue weighted by Gasteiger charge is -2.18. The number of benzene rings is 1. The molecule has 1 aliphatic carbocycles. The molecule has 1 aromatic carbocycles. The Kier molecular flexibility index (Phi) is 7.98. The second-order valence-electron chi connectivity index (χ2n) is 9.08. The topological polar surface area (TPSA) is 124 Å². The van der Waals surface area contributed by atoms with Crippen molar-refractivity contribution in [1.29, 1.82) is 0 Å². The van der Waals surface area contributed by atoms with Crippen LogP contribution in [-0.4, -0.2) is 38.5 Å². The first-order valence-electron chi connectivity index (χ1n) is 10.7. The summed E-state index contributed by atoms with van der Waals surface area (Å²) in [5.74, 6) is -1.32. The molecule has 7 nitrogen and oxygen atoms in total. The fourth-order valence-electron chi connectivity index (χ4n) is 3.77. The Morgan fingerprint density at radius 1 is 1.07 bits per heavy atom. The van der Waals surface area contributed by atoms with E-state index in [9.17, 15) is 24.9 Å². The van der Waals surface area contributed by atoms with Crippen LogP contribution in [0.1, 0.15) is 82.8 Å². The van der Waals surface area contributed by atoms with Gasteiger partial charge in [-0.1, -0.05) is 12.8 Å². The number of carbonyl (C=O) groups excluding carboxylic acids is 1. The summed E-state index contributed by atoms with van der Waals surface area (Å²) in [4.78, 5) is 21.7. The Bertz CT molecular complexity index is 750. The van der Waals surface area contributed by atoms with Gasteiger partial charge in [-0.2, -0.15) is 0 Å². The Labute approximate surface area is 177 Å². The Morgan fingerprint density at radius 2 is 1.73 bits per heavy atom. The average Bonchev–Trinajstić information content (AvgIpc) is 3.44. The van der Waals surface area contributed by atoms with Gasteiger partial charge in [-0.15, -0.1) is 0 Å². The van der Waals surface area contributed by atoms with Gasteiger partial charge in [0.15, 0.2) is 11.5 Å². The number of aryl methyl sites for hydroxylation is 1. The standard InChI is InChI=1S/C23H34O7/c1-22(2,21(28)29)10-6-3-4-8-16-14-18(25)20(27)17(19(16)26)9-5-7-11-23(12-13-23)30-15-24/h14-15,25-27H,3-13H2,1-2H3,(H,28,29). The van der Waals surface area contributed by atoms with Gasteiger partial charge in [0.25, 0.3) is 6.47 Å². The predicted octanol–water partition coefficient (Wildman–Crippen LogP) is 4.44. The third-order valence-corrected chi connectivity index (χ3v) is 6.17. The lowest BCUT2D eigenvalue weighted by atomic mass is 9.87. The molecule has 0 saturated heterocycles. The predicted molar refractivity (Wildman–Crippen MR) is 112 cm³/mol. The van der Waals surface area contributed by atoms with E-state index in [-0.39, 0.29) is 22.8 Å². The zero-order chi connectivity index (χ0) is 22.4. The molecule has 7 heteroatoms. The van der Waals surface area contributed by atoms with Crippen molar-refractivity contribution in [3.8, 4) is 17.2 Å². The molecule has 2 rings (SSSR count). The van der Waals surface area contributed by atoms with Crippen LogP contribution >= 0.6 is 0 Å². The first-order valence-corrected chi connectivity index (χ1v) is 10.7. The van der Waals surface area contributed by atoms with E-state index in [1.54, 1.807) is 13.8 Å². The molecule has 0 heterocycles. The molecule has 1 aliphatic rings. The van der Waals surface area contributed by atoms with Crippen LogP contribution in [0.25, 0.3) is 0 Å². The minimum Gasteiger partial charge on any atom is -0.507 e. The van der Waals surface area contributed by atoms with Crippen molar-refractivity contribution in [3.63, 3.8) is 0 Å². The third kappa shape index (κ3) is 6.28. The van der Waals surface area contributed by atoms with Crippen molar-refractivity contribution in [3.05, 3.63) is 17.2 Å². The summed E-state index contributed by atoms with van der Waals surface area (Å²) >= 11 is 0. The molecule has 0 spiro atoms. The largest absolute Gasteiger partial charge is 0.507 e. The van der Waals surface area contributed by atoms with Gasteiger partial charge in [0.2, 0.25) is 0 Å². The summed E-state index contributed by atoms with van der Waals surface area (Å²) in [7, 11) is 0. The molecule has 1 aromatic rings. The number of aromatic hydroxyl groups is 3. The molecule has 0 aromatic heterocycles. The fraction of sp³-hybridized carbons (Fsp3) is 0.652. The maximum absolute atomic E-state index is 11.1. The van der Waals surface area contributed by atoms with Gasteiger partial charge in [-0.3, -0.25) is 9.59 Å². The summed E-state index contributed by atoms with van der Waals surface area (Å²) in [6.45, 7) is 3.91. The van der Waals surface area contributed by atoms with Gasteiger partial charge in [0.05, 0.1) is 5.41 Å². The molecule has 30 heavy (non-hydrogen) atoms. The molecule has 0 radical (unpaired) electrons. The molecule has 0 bridgehead atoms. The van der Waals surface area contributed by atoms with Gasteiger partial charge in [-0.05, 0) is 83.3 Å². The fourth-order valence-corrected chi connectivity index (χ4v) is 3.77. The van der Waals surface area contributed by atoms with E-state index >= 15 is 0 Å². The van der Waals surface area contributed by atoms with Crippen LogP contribution in [0, 0.1) is 5.41 Å². The van der Waals surface area contributed by atoms with Crippen molar-refractivity contribution in [1.82, 2.24) is 0 Å². The number of aliphatic carboxylic acids is 1. The summed E-state index contributed by atoms with van der Waals surface area (Å²) in [6, 6.07) is 1.40. The van der Waals surface area contributed by atoms with E-state index in [0.717, 1.165) is 44.9 Å². The number of carbonyl (C=O) groups is 2. The highest BCUT2D eigenvalue weighted by molar-refractivity contribution is 5.73. The molecule has 1 fully saturated rings. The van der Waals surface area contributed by atoms with Crippen molar-refractivity contribution < 1.29 is 34.8 Å². The third-order valence-electron chi connectivity index (χ3n) is 6.17. The average molecular weight is 423 g/mol. The molecule has 0 amide bonds. The molecule has 4 N–H and O–H groups in total. The molecular weight excluding hydrogens is 388 g/mol. The summed E-state index contributed by atoms with van der Waals surface area (Å²) in [5, 5.41) is 40.0. The maximum atomic E-state index is 11.1. The first kappa shape index (κ1) is 23.8. The van der Waals surface area contributed by atoms with Gasteiger partial charge in [0.1, 0.15) is 11.4 Å². The van der Waals surface area contributed by atoms with Crippen LogP contribution in [0.5, 0.6) is 17.2 Å². The highest BCUT2D eigenvalue weighted by atomic mass is 16.5. The van der Waals surface area contributed by atoms with Crippen LogP contribution in [-0.2, 0) is 27.2 Å².